The van der Waals surface area contributed by atoms with Gasteiger partial charge in [0.25, 0.3) is 0 Å². The van der Waals surface area contributed by atoms with Crippen molar-refractivity contribution >= 4 is 5.91 Å². The molecule has 1 aliphatic carbocycles. The van der Waals surface area contributed by atoms with E-state index in [1.165, 1.54) is 5.56 Å². The molecule has 1 amide bonds. The fraction of sp³-hybridized carbons (Fsp3) is 0.700. The summed E-state index contributed by atoms with van der Waals surface area (Å²) in [6.45, 7) is 9.61. The molecule has 26 heavy (non-hydrogen) atoms. The molecule has 1 saturated heterocycles. The monoisotopic (exact) mass is 360 g/mol. The highest BCUT2D eigenvalue weighted by atomic mass is 16.5. The molecule has 6 nitrogen and oxygen atoms in total. The molecule has 1 saturated carbocycles. The third-order valence-corrected chi connectivity index (χ3v) is 6.31. The third kappa shape index (κ3) is 3.63. The minimum Gasteiger partial charge on any atom is -0.378 e. The number of hydrogen-bond acceptors (Lipinski definition) is 5. The quantitative estimate of drug-likeness (QED) is 0.807. The molecular formula is C20H32N4O2. The van der Waals surface area contributed by atoms with Gasteiger partial charge < -0.3 is 15.8 Å². The molecule has 1 aliphatic heterocycles. The highest BCUT2D eigenvalue weighted by Gasteiger charge is 2.63. The molecule has 6 heteroatoms. The number of aromatic nitrogens is 1. The van der Waals surface area contributed by atoms with Crippen molar-refractivity contribution in [2.45, 2.75) is 64.3 Å². The summed E-state index contributed by atoms with van der Waals surface area (Å²) in [4.78, 5) is 19.3. The summed E-state index contributed by atoms with van der Waals surface area (Å²) in [5.41, 5.74) is 6.59. The lowest BCUT2D eigenvalue weighted by atomic mass is 9.54. The lowest BCUT2D eigenvalue weighted by Crippen LogP contribution is -2.76. The number of likely N-dealkylation sites (tertiary alicyclic amines) is 1. The summed E-state index contributed by atoms with van der Waals surface area (Å²) >= 11 is 0. The number of nitrogens with one attached hydrogen (secondary N) is 1. The lowest BCUT2D eigenvalue weighted by molar-refractivity contribution is -0.171. The van der Waals surface area contributed by atoms with Crippen molar-refractivity contribution in [3.8, 4) is 0 Å². The zero-order valence-corrected chi connectivity index (χ0v) is 16.2. The van der Waals surface area contributed by atoms with Gasteiger partial charge in [-0.15, -0.1) is 0 Å². The van der Waals surface area contributed by atoms with Gasteiger partial charge in [0.05, 0.1) is 6.10 Å². The Morgan fingerprint density at radius 1 is 1.35 bits per heavy atom. The fourth-order valence-electron chi connectivity index (χ4n) is 4.12. The minimum atomic E-state index is -0.832. The minimum absolute atomic E-state index is 0.0222. The summed E-state index contributed by atoms with van der Waals surface area (Å²) in [7, 11) is 0. The molecule has 2 aliphatic rings. The maximum atomic E-state index is 12.8. The van der Waals surface area contributed by atoms with Crippen molar-refractivity contribution < 1.29 is 9.53 Å². The number of rotatable bonds is 6. The van der Waals surface area contributed by atoms with Crippen LogP contribution in [0.5, 0.6) is 0 Å². The number of piperidine rings is 1. The van der Waals surface area contributed by atoms with Crippen molar-refractivity contribution in [1.29, 1.82) is 0 Å². The van der Waals surface area contributed by atoms with E-state index in [0.29, 0.717) is 13.0 Å². The fourth-order valence-corrected chi connectivity index (χ4v) is 4.12. The first kappa shape index (κ1) is 19.3. The zero-order valence-electron chi connectivity index (χ0n) is 16.2. The SMILES string of the molecule is CCOC1CC(N)(C(=O)NC2CCN(Cc3ccncc3)CC2)C1(C)C. The Hall–Kier alpha value is -1.50. The normalized spacial score (nSPS) is 29.2. The Labute approximate surface area is 156 Å². The molecule has 1 aromatic heterocycles. The van der Waals surface area contributed by atoms with E-state index >= 15 is 0 Å². The topological polar surface area (TPSA) is 80.5 Å². The zero-order chi connectivity index (χ0) is 18.8. The van der Waals surface area contributed by atoms with Crippen LogP contribution < -0.4 is 11.1 Å². The molecule has 3 rings (SSSR count). The van der Waals surface area contributed by atoms with E-state index < -0.39 is 5.54 Å². The Balaban J connectivity index is 1.48. The molecule has 2 unspecified atom stereocenters. The van der Waals surface area contributed by atoms with Crippen LogP contribution in [-0.2, 0) is 16.1 Å². The first-order valence-electron chi connectivity index (χ1n) is 9.69. The molecule has 0 radical (unpaired) electrons. The van der Waals surface area contributed by atoms with Crippen LogP contribution in [0.25, 0.3) is 0 Å². The highest BCUT2D eigenvalue weighted by Crippen LogP contribution is 2.49. The van der Waals surface area contributed by atoms with Crippen molar-refractivity contribution in [3.63, 3.8) is 0 Å². The molecule has 2 atom stereocenters. The van der Waals surface area contributed by atoms with E-state index in [4.69, 9.17) is 10.5 Å². The van der Waals surface area contributed by atoms with Crippen molar-refractivity contribution in [1.82, 2.24) is 15.2 Å². The molecule has 2 fully saturated rings. The van der Waals surface area contributed by atoms with Gasteiger partial charge in [-0.3, -0.25) is 14.7 Å². The van der Waals surface area contributed by atoms with Crippen LogP contribution in [0.1, 0.15) is 45.6 Å². The van der Waals surface area contributed by atoms with Crippen LogP contribution in [0, 0.1) is 5.41 Å². The molecule has 1 aromatic rings. The van der Waals surface area contributed by atoms with Crippen molar-refractivity contribution in [2.24, 2.45) is 11.1 Å². The number of carbonyl (C=O) groups is 1. The number of carbonyl (C=O) groups excluding carboxylic acids is 1. The Bertz CT molecular complexity index is 613. The van der Waals surface area contributed by atoms with Crippen LogP contribution in [0.2, 0.25) is 0 Å². The van der Waals surface area contributed by atoms with Gasteiger partial charge in [-0.25, -0.2) is 0 Å². The average Bonchev–Trinajstić information content (AvgIpc) is 2.64. The average molecular weight is 361 g/mol. The largest absolute Gasteiger partial charge is 0.378 e. The maximum Gasteiger partial charge on any atom is 0.241 e. The lowest BCUT2D eigenvalue weighted by Gasteiger charge is -2.57. The molecule has 0 spiro atoms. The Morgan fingerprint density at radius 2 is 2.00 bits per heavy atom. The van der Waals surface area contributed by atoms with Gasteiger partial charge in [0.1, 0.15) is 5.54 Å². The number of nitrogens with two attached hydrogens (primary N) is 1. The highest BCUT2D eigenvalue weighted by molar-refractivity contribution is 5.89. The number of nitrogens with zero attached hydrogens (tertiary/aromatic N) is 2. The van der Waals surface area contributed by atoms with E-state index in [1.54, 1.807) is 0 Å². The molecule has 0 aromatic carbocycles. The predicted molar refractivity (Wildman–Crippen MR) is 101 cm³/mol. The predicted octanol–water partition coefficient (Wildman–Crippen LogP) is 1.69. The van der Waals surface area contributed by atoms with Gasteiger partial charge in [0.15, 0.2) is 0 Å². The van der Waals surface area contributed by atoms with Gasteiger partial charge in [0.2, 0.25) is 5.91 Å². The van der Waals surface area contributed by atoms with E-state index in [9.17, 15) is 4.79 Å². The van der Waals surface area contributed by atoms with Crippen LogP contribution >= 0.6 is 0 Å². The van der Waals surface area contributed by atoms with Crippen LogP contribution in [0.4, 0.5) is 0 Å². The number of amides is 1. The van der Waals surface area contributed by atoms with E-state index in [-0.39, 0.29) is 23.5 Å². The van der Waals surface area contributed by atoms with Crippen LogP contribution in [0.3, 0.4) is 0 Å². The summed E-state index contributed by atoms with van der Waals surface area (Å²) in [6, 6.07) is 4.32. The van der Waals surface area contributed by atoms with Crippen molar-refractivity contribution in [3.05, 3.63) is 30.1 Å². The second-order valence-electron chi connectivity index (χ2n) is 8.22. The summed E-state index contributed by atoms with van der Waals surface area (Å²) in [5.74, 6) is -0.0222. The number of hydrogen-bond donors (Lipinski definition) is 2. The van der Waals surface area contributed by atoms with E-state index in [1.807, 2.05) is 33.2 Å². The van der Waals surface area contributed by atoms with Gasteiger partial charge >= 0.3 is 0 Å². The summed E-state index contributed by atoms with van der Waals surface area (Å²) < 4.78 is 5.73. The third-order valence-electron chi connectivity index (χ3n) is 6.31. The molecule has 2 heterocycles. The number of ether oxygens (including phenoxy) is 1. The standard InChI is InChI=1S/C20H32N4O2/c1-4-26-17-13-20(21,19(17,2)3)18(25)23-16-7-11-24(12-8-16)14-15-5-9-22-10-6-15/h5-6,9-10,16-17H,4,7-8,11-14,21H2,1-3H3,(H,23,25). The smallest absolute Gasteiger partial charge is 0.241 e. The van der Waals surface area contributed by atoms with Gasteiger partial charge in [-0.1, -0.05) is 13.8 Å². The first-order chi connectivity index (χ1) is 12.4. The van der Waals surface area contributed by atoms with Gasteiger partial charge in [0, 0.05) is 56.5 Å². The summed E-state index contributed by atoms with van der Waals surface area (Å²) in [5, 5.41) is 3.21. The Morgan fingerprint density at radius 3 is 2.58 bits per heavy atom. The summed E-state index contributed by atoms with van der Waals surface area (Å²) in [6.07, 6.45) is 6.24. The molecule has 144 valence electrons. The van der Waals surface area contributed by atoms with Gasteiger partial charge in [-0.05, 0) is 37.5 Å². The number of pyridine rings is 1. The Kier molecular flexibility index (Phi) is 5.65. The van der Waals surface area contributed by atoms with Crippen LogP contribution in [-0.4, -0.2) is 53.2 Å². The van der Waals surface area contributed by atoms with E-state index in [2.05, 4.69) is 27.3 Å². The second kappa shape index (κ2) is 7.62. The molecule has 3 N–H and O–H groups in total. The second-order valence-corrected chi connectivity index (χ2v) is 8.22. The molecule has 0 bridgehead atoms. The van der Waals surface area contributed by atoms with Crippen LogP contribution in [0.15, 0.2) is 24.5 Å². The van der Waals surface area contributed by atoms with Crippen molar-refractivity contribution in [2.75, 3.05) is 19.7 Å². The molecular weight excluding hydrogens is 328 g/mol. The van der Waals surface area contributed by atoms with E-state index in [0.717, 1.165) is 32.5 Å². The first-order valence-corrected chi connectivity index (χ1v) is 9.69. The maximum absolute atomic E-state index is 12.8. The van der Waals surface area contributed by atoms with Gasteiger partial charge in [-0.2, -0.15) is 0 Å².